The van der Waals surface area contributed by atoms with E-state index in [2.05, 4.69) is 4.98 Å². The van der Waals surface area contributed by atoms with Gasteiger partial charge in [-0.2, -0.15) is 0 Å². The fourth-order valence-corrected chi connectivity index (χ4v) is 1.52. The molecule has 1 aromatic heterocycles. The summed E-state index contributed by atoms with van der Waals surface area (Å²) >= 11 is 5.77. The van der Waals surface area contributed by atoms with Crippen molar-refractivity contribution >= 4 is 11.6 Å². The molecular weight excluding hydrogens is 212 g/mol. The third kappa shape index (κ3) is 2.19. The van der Waals surface area contributed by atoms with E-state index >= 15 is 0 Å². The second-order valence-electron chi connectivity index (χ2n) is 3.42. The molecule has 1 unspecified atom stereocenters. The zero-order valence-corrected chi connectivity index (χ0v) is 9.02. The van der Waals surface area contributed by atoms with Crippen molar-refractivity contribution in [1.29, 1.82) is 0 Å². The van der Waals surface area contributed by atoms with Gasteiger partial charge in [0.1, 0.15) is 6.10 Å². The van der Waals surface area contributed by atoms with Crippen molar-refractivity contribution in [3.63, 3.8) is 0 Å². The van der Waals surface area contributed by atoms with E-state index in [1.807, 2.05) is 7.05 Å². The molecule has 1 atom stereocenters. The third-order valence-electron chi connectivity index (χ3n) is 2.19. The Bertz CT molecular complexity index is 450. The number of aliphatic hydroxyl groups is 1. The van der Waals surface area contributed by atoms with Crippen LogP contribution in [0.5, 0.6) is 0 Å². The van der Waals surface area contributed by atoms with Crippen molar-refractivity contribution in [1.82, 2.24) is 9.55 Å². The van der Waals surface area contributed by atoms with Crippen LogP contribution in [0.2, 0.25) is 5.02 Å². The van der Waals surface area contributed by atoms with Gasteiger partial charge < -0.3 is 9.67 Å². The molecule has 0 spiro atoms. The summed E-state index contributed by atoms with van der Waals surface area (Å²) in [5, 5.41) is 10.6. The zero-order valence-electron chi connectivity index (χ0n) is 8.26. The van der Waals surface area contributed by atoms with Crippen molar-refractivity contribution in [2.45, 2.75) is 6.10 Å². The summed E-state index contributed by atoms with van der Waals surface area (Å²) in [7, 11) is 1.87. The highest BCUT2D eigenvalue weighted by Crippen LogP contribution is 2.21. The molecule has 0 aliphatic carbocycles. The predicted molar refractivity (Wildman–Crippen MR) is 58.7 cm³/mol. The average Bonchev–Trinajstić information content (AvgIpc) is 2.65. The van der Waals surface area contributed by atoms with Crippen LogP contribution in [0.15, 0.2) is 36.8 Å². The van der Waals surface area contributed by atoms with Crippen LogP contribution in [0.1, 0.15) is 17.4 Å². The summed E-state index contributed by atoms with van der Waals surface area (Å²) in [6.45, 7) is 0. The van der Waals surface area contributed by atoms with Gasteiger partial charge in [-0.1, -0.05) is 23.7 Å². The Hall–Kier alpha value is -1.32. The molecule has 1 N–H and O–H groups in total. The number of benzene rings is 1. The van der Waals surface area contributed by atoms with Crippen LogP contribution in [0, 0.1) is 0 Å². The fourth-order valence-electron chi connectivity index (χ4n) is 1.39. The molecule has 3 nitrogen and oxygen atoms in total. The summed E-state index contributed by atoms with van der Waals surface area (Å²) < 4.78 is 1.80. The van der Waals surface area contributed by atoms with Crippen molar-refractivity contribution in [3.8, 4) is 0 Å². The maximum Gasteiger partial charge on any atom is 0.122 e. The van der Waals surface area contributed by atoms with E-state index in [4.69, 9.17) is 11.6 Å². The van der Waals surface area contributed by atoms with Gasteiger partial charge in [-0.25, -0.2) is 4.98 Å². The summed E-state index contributed by atoms with van der Waals surface area (Å²) in [5.74, 6) is 0. The molecule has 4 heteroatoms. The second-order valence-corrected chi connectivity index (χ2v) is 3.85. The van der Waals surface area contributed by atoms with Gasteiger partial charge in [-0.05, 0) is 17.7 Å². The summed E-state index contributed by atoms with van der Waals surface area (Å²) in [6, 6.07) is 7.09. The molecule has 1 heterocycles. The van der Waals surface area contributed by atoms with Crippen LogP contribution in [-0.4, -0.2) is 14.7 Å². The molecule has 15 heavy (non-hydrogen) atoms. The lowest BCUT2D eigenvalue weighted by Gasteiger charge is -2.07. The van der Waals surface area contributed by atoms with Crippen LogP contribution in [-0.2, 0) is 7.05 Å². The van der Waals surface area contributed by atoms with Gasteiger partial charge in [0.25, 0.3) is 0 Å². The van der Waals surface area contributed by atoms with Gasteiger partial charge in [-0.15, -0.1) is 0 Å². The van der Waals surface area contributed by atoms with Crippen molar-refractivity contribution < 1.29 is 5.11 Å². The van der Waals surface area contributed by atoms with Gasteiger partial charge in [-0.3, -0.25) is 0 Å². The zero-order chi connectivity index (χ0) is 10.8. The number of aromatic nitrogens is 2. The molecule has 0 amide bonds. The highest BCUT2D eigenvalue weighted by atomic mass is 35.5. The largest absolute Gasteiger partial charge is 0.382 e. The average molecular weight is 223 g/mol. The van der Waals surface area contributed by atoms with Gasteiger partial charge in [0.2, 0.25) is 0 Å². The Morgan fingerprint density at radius 1 is 1.33 bits per heavy atom. The van der Waals surface area contributed by atoms with Crippen LogP contribution in [0.4, 0.5) is 0 Å². The highest BCUT2D eigenvalue weighted by Gasteiger charge is 2.12. The quantitative estimate of drug-likeness (QED) is 0.846. The number of halogens is 1. The van der Waals surface area contributed by atoms with Gasteiger partial charge in [0, 0.05) is 18.3 Å². The molecule has 0 bridgehead atoms. The van der Waals surface area contributed by atoms with Crippen molar-refractivity contribution in [3.05, 3.63) is 53.1 Å². The normalized spacial score (nSPS) is 12.7. The molecule has 0 aliphatic rings. The number of hydrogen-bond donors (Lipinski definition) is 1. The van der Waals surface area contributed by atoms with E-state index in [0.29, 0.717) is 10.7 Å². The molecular formula is C11H11ClN2O. The Morgan fingerprint density at radius 3 is 2.53 bits per heavy atom. The third-order valence-corrected chi connectivity index (χ3v) is 2.44. The first-order valence-electron chi connectivity index (χ1n) is 4.58. The summed E-state index contributed by atoms with van der Waals surface area (Å²) in [5.41, 5.74) is 1.43. The van der Waals surface area contributed by atoms with Crippen LogP contribution in [0.25, 0.3) is 0 Å². The molecule has 2 rings (SSSR count). The van der Waals surface area contributed by atoms with Gasteiger partial charge in [0.15, 0.2) is 0 Å². The van der Waals surface area contributed by atoms with E-state index in [1.54, 1.807) is 41.4 Å². The van der Waals surface area contributed by atoms with Crippen LogP contribution in [0.3, 0.4) is 0 Å². The van der Waals surface area contributed by atoms with Gasteiger partial charge in [0.05, 0.1) is 12.0 Å². The Kier molecular flexibility index (Phi) is 2.75. The number of aliphatic hydroxyl groups excluding tert-OH is 1. The minimum absolute atomic E-state index is 0.639. The topological polar surface area (TPSA) is 38.0 Å². The predicted octanol–water partition coefficient (Wildman–Crippen LogP) is 2.16. The van der Waals surface area contributed by atoms with Crippen molar-refractivity contribution in [2.24, 2.45) is 7.05 Å². The number of aryl methyl sites for hydroxylation is 1. The number of nitrogens with zero attached hydrogens (tertiary/aromatic N) is 2. The molecule has 78 valence electrons. The van der Waals surface area contributed by atoms with E-state index in [9.17, 15) is 5.11 Å². The van der Waals surface area contributed by atoms with Crippen LogP contribution < -0.4 is 0 Å². The molecule has 2 aromatic rings. The lowest BCUT2D eigenvalue weighted by Crippen LogP contribution is -1.99. The standard InChI is InChI=1S/C11H11ClN2O/c1-14-6-10(13-7-14)11(15)8-2-4-9(12)5-3-8/h2-7,11,15H,1H3. The lowest BCUT2D eigenvalue weighted by atomic mass is 10.1. The summed E-state index contributed by atoms with van der Waals surface area (Å²) in [4.78, 5) is 4.09. The maximum absolute atomic E-state index is 9.98. The van der Waals surface area contributed by atoms with E-state index in [1.165, 1.54) is 0 Å². The Labute approximate surface area is 93.0 Å². The molecule has 1 aromatic carbocycles. The monoisotopic (exact) mass is 222 g/mol. The smallest absolute Gasteiger partial charge is 0.122 e. The lowest BCUT2D eigenvalue weighted by molar-refractivity contribution is 0.216. The maximum atomic E-state index is 9.98. The molecule has 0 fully saturated rings. The SMILES string of the molecule is Cn1cnc(C(O)c2ccc(Cl)cc2)c1. The molecule has 0 aliphatic heterocycles. The first-order valence-corrected chi connectivity index (χ1v) is 4.96. The minimum Gasteiger partial charge on any atom is -0.382 e. The van der Waals surface area contributed by atoms with Gasteiger partial charge >= 0.3 is 0 Å². The Morgan fingerprint density at radius 2 is 2.00 bits per heavy atom. The molecule has 0 saturated carbocycles. The minimum atomic E-state index is -0.691. The summed E-state index contributed by atoms with van der Waals surface area (Å²) in [6.07, 6.45) is 2.76. The first-order chi connectivity index (χ1) is 7.16. The van der Waals surface area contributed by atoms with E-state index in [0.717, 1.165) is 5.56 Å². The molecule has 0 radical (unpaired) electrons. The fraction of sp³-hybridized carbons (Fsp3) is 0.182. The first kappa shape index (κ1) is 10.2. The Balaban J connectivity index is 2.28. The highest BCUT2D eigenvalue weighted by molar-refractivity contribution is 6.30. The van der Waals surface area contributed by atoms with E-state index < -0.39 is 6.10 Å². The number of rotatable bonds is 2. The van der Waals surface area contributed by atoms with Crippen molar-refractivity contribution in [2.75, 3.05) is 0 Å². The number of imidazole rings is 1. The van der Waals surface area contributed by atoms with E-state index in [-0.39, 0.29) is 0 Å². The van der Waals surface area contributed by atoms with Crippen LogP contribution >= 0.6 is 11.6 Å². The number of hydrogen-bond acceptors (Lipinski definition) is 2. The molecule has 0 saturated heterocycles. The second kappa shape index (κ2) is 4.04.